The molecule has 2 rings (SSSR count). The van der Waals surface area contributed by atoms with Crippen LogP contribution in [0.3, 0.4) is 0 Å². The second-order valence-electron chi connectivity index (χ2n) is 6.10. The van der Waals surface area contributed by atoms with Gasteiger partial charge in [0.2, 0.25) is 5.91 Å². The highest BCUT2D eigenvalue weighted by Gasteiger charge is 2.22. The molecule has 0 aliphatic heterocycles. The Bertz CT molecular complexity index is 713. The molecule has 0 aliphatic rings. The molecule has 1 atom stereocenters. The molecule has 0 aliphatic carbocycles. The van der Waals surface area contributed by atoms with Crippen LogP contribution in [0.5, 0.6) is 0 Å². The SMILES string of the molecule is CNC(=O)c1ccc(CN(C)[C@H](C)C(=O)N(C)c2ccccc2)cc1. The Hall–Kier alpha value is -2.66. The van der Waals surface area contributed by atoms with E-state index in [0.717, 1.165) is 11.3 Å². The number of likely N-dealkylation sites (N-methyl/N-ethyl adjacent to an activating group) is 2. The molecule has 0 spiro atoms. The summed E-state index contributed by atoms with van der Waals surface area (Å²) in [6, 6.07) is 16.8. The summed E-state index contributed by atoms with van der Waals surface area (Å²) in [7, 11) is 5.33. The minimum atomic E-state index is -0.260. The van der Waals surface area contributed by atoms with Gasteiger partial charge in [-0.2, -0.15) is 0 Å². The van der Waals surface area contributed by atoms with Gasteiger partial charge in [-0.05, 0) is 43.8 Å². The molecule has 0 saturated carbocycles. The maximum atomic E-state index is 12.7. The number of hydrogen-bond donors (Lipinski definition) is 1. The summed E-state index contributed by atoms with van der Waals surface area (Å²) in [5.74, 6) is -0.0661. The van der Waals surface area contributed by atoms with Crippen molar-refractivity contribution < 1.29 is 9.59 Å². The average molecular weight is 339 g/mol. The second-order valence-corrected chi connectivity index (χ2v) is 6.10. The molecule has 2 amide bonds. The number of anilines is 1. The molecule has 5 nitrogen and oxygen atoms in total. The molecule has 0 aromatic heterocycles. The number of carbonyl (C=O) groups is 2. The van der Waals surface area contributed by atoms with Crippen molar-refractivity contribution in [2.24, 2.45) is 0 Å². The van der Waals surface area contributed by atoms with Gasteiger partial charge >= 0.3 is 0 Å². The smallest absolute Gasteiger partial charge is 0.251 e. The van der Waals surface area contributed by atoms with Crippen molar-refractivity contribution >= 4 is 17.5 Å². The lowest BCUT2D eigenvalue weighted by Crippen LogP contribution is -2.43. The van der Waals surface area contributed by atoms with Crippen LogP contribution < -0.4 is 10.2 Å². The van der Waals surface area contributed by atoms with Gasteiger partial charge in [0.1, 0.15) is 0 Å². The Balaban J connectivity index is 2.00. The van der Waals surface area contributed by atoms with Gasteiger partial charge in [0.15, 0.2) is 0 Å². The van der Waals surface area contributed by atoms with Gasteiger partial charge in [-0.1, -0.05) is 30.3 Å². The zero-order valence-electron chi connectivity index (χ0n) is 15.2. The number of para-hydroxylation sites is 1. The fourth-order valence-electron chi connectivity index (χ4n) is 2.58. The molecule has 5 heteroatoms. The molecule has 0 fully saturated rings. The summed E-state index contributed by atoms with van der Waals surface area (Å²) < 4.78 is 0. The average Bonchev–Trinajstić information content (AvgIpc) is 2.66. The maximum absolute atomic E-state index is 12.7. The lowest BCUT2D eigenvalue weighted by molar-refractivity contribution is -0.122. The molecule has 25 heavy (non-hydrogen) atoms. The van der Waals surface area contributed by atoms with Crippen LogP contribution in [0.15, 0.2) is 54.6 Å². The van der Waals surface area contributed by atoms with Gasteiger partial charge in [0, 0.05) is 31.9 Å². The van der Waals surface area contributed by atoms with Crippen molar-refractivity contribution in [1.29, 1.82) is 0 Å². The fourth-order valence-corrected chi connectivity index (χ4v) is 2.58. The van der Waals surface area contributed by atoms with Gasteiger partial charge in [0.05, 0.1) is 6.04 Å². The number of amides is 2. The molecule has 2 aromatic rings. The number of benzene rings is 2. The maximum Gasteiger partial charge on any atom is 0.251 e. The van der Waals surface area contributed by atoms with Crippen molar-refractivity contribution in [2.75, 3.05) is 26.0 Å². The highest BCUT2D eigenvalue weighted by Crippen LogP contribution is 2.15. The summed E-state index contributed by atoms with van der Waals surface area (Å²) in [5.41, 5.74) is 2.56. The summed E-state index contributed by atoms with van der Waals surface area (Å²) in [6.07, 6.45) is 0. The van der Waals surface area contributed by atoms with E-state index in [2.05, 4.69) is 5.32 Å². The first-order valence-corrected chi connectivity index (χ1v) is 8.28. The van der Waals surface area contributed by atoms with E-state index >= 15 is 0 Å². The zero-order valence-corrected chi connectivity index (χ0v) is 15.2. The van der Waals surface area contributed by atoms with Crippen LogP contribution in [0.2, 0.25) is 0 Å². The molecule has 0 bridgehead atoms. The first-order valence-electron chi connectivity index (χ1n) is 8.28. The molecular weight excluding hydrogens is 314 g/mol. The number of rotatable bonds is 6. The van der Waals surface area contributed by atoms with Crippen molar-refractivity contribution in [2.45, 2.75) is 19.5 Å². The molecule has 2 aromatic carbocycles. The van der Waals surface area contributed by atoms with Crippen LogP contribution in [-0.2, 0) is 11.3 Å². The van der Waals surface area contributed by atoms with E-state index in [1.807, 2.05) is 61.3 Å². The first kappa shape index (κ1) is 18.7. The summed E-state index contributed by atoms with van der Waals surface area (Å²) in [6.45, 7) is 2.53. The van der Waals surface area contributed by atoms with Crippen molar-refractivity contribution in [3.63, 3.8) is 0 Å². The van der Waals surface area contributed by atoms with E-state index in [1.165, 1.54) is 0 Å². The quantitative estimate of drug-likeness (QED) is 0.880. The normalized spacial score (nSPS) is 11.9. The van der Waals surface area contributed by atoms with E-state index in [-0.39, 0.29) is 17.9 Å². The minimum absolute atomic E-state index is 0.0377. The Morgan fingerprint density at radius 1 is 1.00 bits per heavy atom. The number of nitrogens with one attached hydrogen (secondary N) is 1. The lowest BCUT2D eigenvalue weighted by atomic mass is 10.1. The molecule has 0 unspecified atom stereocenters. The molecule has 0 radical (unpaired) electrons. The van der Waals surface area contributed by atoms with E-state index in [4.69, 9.17) is 0 Å². The van der Waals surface area contributed by atoms with Gasteiger partial charge in [-0.3, -0.25) is 14.5 Å². The third-order valence-corrected chi connectivity index (χ3v) is 4.37. The van der Waals surface area contributed by atoms with Gasteiger partial charge in [-0.15, -0.1) is 0 Å². The van der Waals surface area contributed by atoms with Crippen molar-refractivity contribution in [3.05, 3.63) is 65.7 Å². The number of carbonyl (C=O) groups excluding carboxylic acids is 2. The van der Waals surface area contributed by atoms with Gasteiger partial charge in [-0.25, -0.2) is 0 Å². The highest BCUT2D eigenvalue weighted by atomic mass is 16.2. The van der Waals surface area contributed by atoms with Crippen molar-refractivity contribution in [1.82, 2.24) is 10.2 Å². The van der Waals surface area contributed by atoms with E-state index in [0.29, 0.717) is 12.1 Å². The second kappa shape index (κ2) is 8.44. The summed E-state index contributed by atoms with van der Waals surface area (Å²) >= 11 is 0. The zero-order chi connectivity index (χ0) is 18.4. The standard InChI is InChI=1S/C20H25N3O2/c1-15(20(25)23(4)18-8-6-5-7-9-18)22(3)14-16-10-12-17(13-11-16)19(24)21-2/h5-13,15H,14H2,1-4H3,(H,21,24)/t15-/m1/s1. The monoisotopic (exact) mass is 339 g/mol. The first-order chi connectivity index (χ1) is 11.9. The fraction of sp³-hybridized carbons (Fsp3) is 0.300. The van der Waals surface area contributed by atoms with Crippen LogP contribution in [0.25, 0.3) is 0 Å². The van der Waals surface area contributed by atoms with Gasteiger partial charge in [0.25, 0.3) is 5.91 Å². The number of hydrogen-bond acceptors (Lipinski definition) is 3. The molecule has 132 valence electrons. The minimum Gasteiger partial charge on any atom is -0.355 e. The number of nitrogens with zero attached hydrogens (tertiary/aromatic N) is 2. The van der Waals surface area contributed by atoms with E-state index in [1.54, 1.807) is 31.1 Å². The third-order valence-electron chi connectivity index (χ3n) is 4.37. The van der Waals surface area contributed by atoms with Crippen LogP contribution in [0, 0.1) is 0 Å². The van der Waals surface area contributed by atoms with E-state index < -0.39 is 0 Å². The van der Waals surface area contributed by atoms with Crippen molar-refractivity contribution in [3.8, 4) is 0 Å². The largest absolute Gasteiger partial charge is 0.355 e. The molecule has 0 heterocycles. The van der Waals surface area contributed by atoms with E-state index in [9.17, 15) is 9.59 Å². The molecular formula is C20H25N3O2. The predicted octanol–water partition coefficient (Wildman–Crippen LogP) is 2.53. The molecule has 0 saturated heterocycles. The van der Waals surface area contributed by atoms with Crippen LogP contribution in [-0.4, -0.2) is 43.9 Å². The highest BCUT2D eigenvalue weighted by molar-refractivity contribution is 5.96. The summed E-state index contributed by atoms with van der Waals surface area (Å²) in [4.78, 5) is 27.9. The lowest BCUT2D eigenvalue weighted by Gasteiger charge is -2.28. The van der Waals surface area contributed by atoms with Crippen LogP contribution >= 0.6 is 0 Å². The molecule has 1 N–H and O–H groups in total. The van der Waals surface area contributed by atoms with Gasteiger partial charge < -0.3 is 10.2 Å². The Kier molecular flexibility index (Phi) is 6.31. The summed E-state index contributed by atoms with van der Waals surface area (Å²) in [5, 5.41) is 2.60. The Morgan fingerprint density at radius 2 is 1.60 bits per heavy atom. The Morgan fingerprint density at radius 3 is 2.16 bits per heavy atom. The van der Waals surface area contributed by atoms with Crippen LogP contribution in [0.1, 0.15) is 22.8 Å². The third kappa shape index (κ3) is 4.67. The topological polar surface area (TPSA) is 52.7 Å². The Labute approximate surface area is 149 Å². The predicted molar refractivity (Wildman–Crippen MR) is 101 cm³/mol. The van der Waals surface area contributed by atoms with Crippen LogP contribution in [0.4, 0.5) is 5.69 Å².